The molecule has 3 rings (SSSR count). The molecule has 0 N–H and O–H groups in total. The van der Waals surface area contributed by atoms with Crippen molar-refractivity contribution in [1.29, 1.82) is 5.26 Å². The van der Waals surface area contributed by atoms with Crippen LogP contribution < -0.4 is 4.74 Å². The molecular weight excluding hydrogens is 425 g/mol. The van der Waals surface area contributed by atoms with Gasteiger partial charge in [0.2, 0.25) is 0 Å². The molecule has 0 saturated heterocycles. The molecular formula is C25H24F5NO. The van der Waals surface area contributed by atoms with Crippen molar-refractivity contribution in [3.63, 3.8) is 0 Å². The van der Waals surface area contributed by atoms with Crippen molar-refractivity contribution >= 4 is 0 Å². The molecule has 0 spiro atoms. The molecule has 1 aliphatic rings. The van der Waals surface area contributed by atoms with E-state index < -0.39 is 40.8 Å². The van der Waals surface area contributed by atoms with E-state index >= 15 is 0 Å². The second kappa shape index (κ2) is 10.2. The largest absolute Gasteiger partial charge is 0.429 e. The molecule has 3 atom stereocenters. The summed E-state index contributed by atoms with van der Waals surface area (Å²) in [6, 6.07) is 7.54. The summed E-state index contributed by atoms with van der Waals surface area (Å²) in [4.78, 5) is 0. The summed E-state index contributed by atoms with van der Waals surface area (Å²) in [6.07, 6.45) is 2.99. The van der Waals surface area contributed by atoms with Crippen LogP contribution in [0.5, 0.6) is 5.75 Å². The molecule has 0 aromatic heterocycles. The SMILES string of the molecule is CC/C=C\CC1CCC(c2ccc(C(F)(F)Oc3cc(F)c(C#N)c(F)c3)cc2)C(F)C1. The van der Waals surface area contributed by atoms with Gasteiger partial charge in [0.1, 0.15) is 35.2 Å². The Kier molecular flexibility index (Phi) is 7.55. The average molecular weight is 449 g/mol. The maximum Gasteiger partial charge on any atom is 0.426 e. The highest BCUT2D eigenvalue weighted by Gasteiger charge is 2.36. The molecule has 7 heteroatoms. The number of hydrogen-bond donors (Lipinski definition) is 0. The van der Waals surface area contributed by atoms with Gasteiger partial charge in [-0.2, -0.15) is 14.0 Å². The molecule has 2 aromatic carbocycles. The van der Waals surface area contributed by atoms with Crippen LogP contribution in [-0.4, -0.2) is 6.17 Å². The molecule has 0 amide bonds. The van der Waals surface area contributed by atoms with Crippen molar-refractivity contribution in [1.82, 2.24) is 0 Å². The number of hydrogen-bond acceptors (Lipinski definition) is 2. The van der Waals surface area contributed by atoms with Crippen molar-refractivity contribution in [2.45, 2.75) is 57.2 Å². The van der Waals surface area contributed by atoms with Gasteiger partial charge in [0.05, 0.1) is 5.56 Å². The standard InChI is InChI=1S/C25H24F5NO/c1-2-3-4-5-16-6-11-20(22(26)12-16)17-7-9-18(10-8-17)25(29,30)32-19-13-23(27)21(15-31)24(28)14-19/h3-4,7-10,13-14,16,20,22H,2,5-6,11-12H2,1H3/b4-3-. The zero-order valence-corrected chi connectivity index (χ0v) is 17.6. The first kappa shape index (κ1) is 23.8. The fraction of sp³-hybridized carbons (Fsp3) is 0.400. The highest BCUT2D eigenvalue weighted by molar-refractivity contribution is 5.38. The lowest BCUT2D eigenvalue weighted by Crippen LogP contribution is -2.25. The van der Waals surface area contributed by atoms with Gasteiger partial charge in [-0.3, -0.25) is 0 Å². The number of nitrogens with zero attached hydrogens (tertiary/aromatic N) is 1. The lowest BCUT2D eigenvalue weighted by Gasteiger charge is -2.32. The first-order chi connectivity index (χ1) is 15.2. The van der Waals surface area contributed by atoms with E-state index in [2.05, 4.69) is 16.9 Å². The summed E-state index contributed by atoms with van der Waals surface area (Å²) in [5.41, 5.74) is -0.766. The van der Waals surface area contributed by atoms with E-state index in [-0.39, 0.29) is 11.8 Å². The van der Waals surface area contributed by atoms with Gasteiger partial charge in [0, 0.05) is 18.1 Å². The predicted molar refractivity (Wildman–Crippen MR) is 111 cm³/mol. The van der Waals surface area contributed by atoms with E-state index in [1.165, 1.54) is 18.2 Å². The van der Waals surface area contributed by atoms with Crippen LogP contribution in [0.15, 0.2) is 48.6 Å². The zero-order valence-electron chi connectivity index (χ0n) is 17.6. The van der Waals surface area contributed by atoms with Gasteiger partial charge < -0.3 is 4.74 Å². The van der Waals surface area contributed by atoms with Crippen LogP contribution in [0.4, 0.5) is 22.0 Å². The van der Waals surface area contributed by atoms with Crippen molar-refractivity contribution in [3.05, 3.63) is 76.9 Å². The molecule has 0 bridgehead atoms. The number of allylic oxidation sites excluding steroid dienone is 2. The molecule has 2 aromatic rings. The summed E-state index contributed by atoms with van der Waals surface area (Å²) >= 11 is 0. The minimum absolute atomic E-state index is 0.286. The van der Waals surface area contributed by atoms with Gasteiger partial charge in [0.25, 0.3) is 0 Å². The maximum atomic E-state index is 14.8. The van der Waals surface area contributed by atoms with E-state index in [1.807, 2.05) is 6.92 Å². The molecule has 32 heavy (non-hydrogen) atoms. The second-order valence-electron chi connectivity index (χ2n) is 8.03. The summed E-state index contributed by atoms with van der Waals surface area (Å²) in [5, 5.41) is 8.67. The Morgan fingerprint density at radius 3 is 2.31 bits per heavy atom. The van der Waals surface area contributed by atoms with Crippen molar-refractivity contribution < 1.29 is 26.7 Å². The van der Waals surface area contributed by atoms with Gasteiger partial charge in [-0.05, 0) is 55.7 Å². The molecule has 170 valence electrons. The van der Waals surface area contributed by atoms with E-state index in [0.29, 0.717) is 30.5 Å². The van der Waals surface area contributed by atoms with E-state index in [4.69, 9.17) is 5.26 Å². The fourth-order valence-corrected chi connectivity index (χ4v) is 4.09. The van der Waals surface area contributed by atoms with Crippen molar-refractivity contribution in [3.8, 4) is 11.8 Å². The zero-order chi connectivity index (χ0) is 23.3. The van der Waals surface area contributed by atoms with Gasteiger partial charge in [-0.15, -0.1) is 0 Å². The summed E-state index contributed by atoms with van der Waals surface area (Å²) < 4.78 is 75.7. The Morgan fingerprint density at radius 1 is 1.09 bits per heavy atom. The van der Waals surface area contributed by atoms with Gasteiger partial charge >= 0.3 is 6.11 Å². The number of ether oxygens (including phenoxy) is 1. The molecule has 1 saturated carbocycles. The Hall–Kier alpha value is -2.88. The Bertz CT molecular complexity index is 973. The number of alkyl halides is 3. The summed E-state index contributed by atoms with van der Waals surface area (Å²) in [7, 11) is 0. The Labute approximate surface area is 184 Å². The molecule has 1 fully saturated rings. The first-order valence-electron chi connectivity index (χ1n) is 10.6. The Morgan fingerprint density at radius 2 is 1.75 bits per heavy atom. The molecule has 1 aliphatic carbocycles. The van der Waals surface area contributed by atoms with Crippen LogP contribution in [0.2, 0.25) is 0 Å². The number of halogens is 5. The van der Waals surface area contributed by atoms with E-state index in [1.54, 1.807) is 0 Å². The second-order valence-corrected chi connectivity index (χ2v) is 8.03. The van der Waals surface area contributed by atoms with Crippen LogP contribution in [0, 0.1) is 28.9 Å². The summed E-state index contributed by atoms with van der Waals surface area (Å²) in [6.45, 7) is 2.05. The van der Waals surface area contributed by atoms with Crippen LogP contribution in [0.25, 0.3) is 0 Å². The minimum Gasteiger partial charge on any atom is -0.429 e. The third-order valence-electron chi connectivity index (χ3n) is 5.80. The molecule has 2 nitrogen and oxygen atoms in total. The van der Waals surface area contributed by atoms with E-state index in [0.717, 1.165) is 31.4 Å². The minimum atomic E-state index is -3.87. The molecule has 0 radical (unpaired) electrons. The quantitative estimate of drug-likeness (QED) is 0.323. The van der Waals surface area contributed by atoms with E-state index in [9.17, 15) is 22.0 Å². The average Bonchev–Trinajstić information content (AvgIpc) is 2.74. The van der Waals surface area contributed by atoms with Crippen LogP contribution in [0.1, 0.15) is 61.6 Å². The van der Waals surface area contributed by atoms with Crippen molar-refractivity contribution in [2.24, 2.45) is 5.92 Å². The fourth-order valence-electron chi connectivity index (χ4n) is 4.09. The highest BCUT2D eigenvalue weighted by Crippen LogP contribution is 2.40. The number of nitriles is 1. The monoisotopic (exact) mass is 449 g/mol. The smallest absolute Gasteiger partial charge is 0.426 e. The Balaban J connectivity index is 1.68. The topological polar surface area (TPSA) is 33.0 Å². The molecule has 3 unspecified atom stereocenters. The number of rotatable bonds is 7. The number of benzene rings is 2. The third kappa shape index (κ3) is 5.48. The van der Waals surface area contributed by atoms with Crippen LogP contribution >= 0.6 is 0 Å². The van der Waals surface area contributed by atoms with Crippen LogP contribution in [0.3, 0.4) is 0 Å². The first-order valence-corrected chi connectivity index (χ1v) is 10.6. The molecule has 0 aliphatic heterocycles. The lowest BCUT2D eigenvalue weighted by atomic mass is 9.76. The molecule has 0 heterocycles. The van der Waals surface area contributed by atoms with Crippen molar-refractivity contribution in [2.75, 3.05) is 0 Å². The lowest BCUT2D eigenvalue weighted by molar-refractivity contribution is -0.185. The van der Waals surface area contributed by atoms with Crippen LogP contribution in [-0.2, 0) is 6.11 Å². The van der Waals surface area contributed by atoms with Gasteiger partial charge in [0.15, 0.2) is 0 Å². The summed E-state index contributed by atoms with van der Waals surface area (Å²) in [5.74, 6) is -3.39. The predicted octanol–water partition coefficient (Wildman–Crippen LogP) is 7.54. The maximum absolute atomic E-state index is 14.8. The third-order valence-corrected chi connectivity index (χ3v) is 5.80. The van der Waals surface area contributed by atoms with Gasteiger partial charge in [-0.25, -0.2) is 13.2 Å². The highest BCUT2D eigenvalue weighted by atomic mass is 19.3. The normalized spacial score (nSPS) is 21.5. The van der Waals surface area contributed by atoms with Gasteiger partial charge in [-0.1, -0.05) is 31.2 Å².